The second kappa shape index (κ2) is 12.6. The van der Waals surface area contributed by atoms with Crippen LogP contribution in [-0.4, -0.2) is 90.2 Å². The Morgan fingerprint density at radius 3 is 2.40 bits per heavy atom. The number of pyridine rings is 1. The zero-order valence-electron chi connectivity index (χ0n) is 24.7. The molecule has 2 fully saturated rings. The van der Waals surface area contributed by atoms with Crippen molar-refractivity contribution in [1.82, 2.24) is 24.8 Å². The van der Waals surface area contributed by atoms with E-state index in [1.54, 1.807) is 33.5 Å². The Labute approximate surface area is 256 Å². The van der Waals surface area contributed by atoms with Gasteiger partial charge in [-0.25, -0.2) is 9.97 Å². The second-order valence-corrected chi connectivity index (χ2v) is 11.3. The van der Waals surface area contributed by atoms with E-state index in [9.17, 15) is 4.79 Å². The Morgan fingerprint density at radius 1 is 0.930 bits per heavy atom. The number of ether oxygens (including phenoxy) is 2. The first-order chi connectivity index (χ1) is 20.9. The van der Waals surface area contributed by atoms with Gasteiger partial charge in [0.15, 0.2) is 0 Å². The predicted octanol–water partition coefficient (Wildman–Crippen LogP) is 5.24. The van der Waals surface area contributed by atoms with Crippen LogP contribution >= 0.6 is 11.6 Å². The molecule has 0 atom stereocenters. The Morgan fingerprint density at radius 2 is 1.67 bits per heavy atom. The topological polar surface area (TPSA) is 96.0 Å². The Balaban J connectivity index is 1.18. The molecule has 0 aliphatic carbocycles. The third kappa shape index (κ3) is 6.16. The molecule has 11 heteroatoms. The maximum Gasteiger partial charge on any atom is 0.227 e. The van der Waals surface area contributed by atoms with E-state index >= 15 is 0 Å². The molecule has 0 radical (unpaired) electrons. The Bertz CT molecular complexity index is 1620. The number of amides is 1. The number of methoxy groups -OCH3 is 2. The van der Waals surface area contributed by atoms with Gasteiger partial charge in [0.05, 0.1) is 48.0 Å². The van der Waals surface area contributed by atoms with Crippen molar-refractivity contribution in [3.05, 3.63) is 59.9 Å². The minimum Gasteiger partial charge on any atom is -0.494 e. The number of halogens is 1. The van der Waals surface area contributed by atoms with Crippen molar-refractivity contribution in [3.8, 4) is 22.8 Å². The SMILES string of the molecule is COc1cc(N2CCC(N3CCN(C(C)=O)CC3)CC2)c(OC)cc1Nc1ncc(Cl)c(-c2cnc3ccccc3c2)n1. The van der Waals surface area contributed by atoms with Gasteiger partial charge in [-0.05, 0) is 25.0 Å². The largest absolute Gasteiger partial charge is 0.494 e. The fraction of sp³-hybridized carbons (Fsp3) is 0.375. The van der Waals surface area contributed by atoms with Gasteiger partial charge in [0.1, 0.15) is 11.5 Å². The number of fused-ring (bicyclic) bond motifs is 1. The lowest BCUT2D eigenvalue weighted by Crippen LogP contribution is -2.54. The molecule has 0 spiro atoms. The van der Waals surface area contributed by atoms with Gasteiger partial charge in [-0.2, -0.15) is 0 Å². The molecule has 0 unspecified atom stereocenters. The van der Waals surface area contributed by atoms with Gasteiger partial charge in [-0.15, -0.1) is 0 Å². The monoisotopic (exact) mass is 601 g/mol. The molecule has 6 rings (SSSR count). The molecule has 1 amide bonds. The first-order valence-corrected chi connectivity index (χ1v) is 15.0. The van der Waals surface area contributed by atoms with E-state index in [2.05, 4.69) is 25.1 Å². The molecular weight excluding hydrogens is 566 g/mol. The number of piperazine rings is 1. The summed E-state index contributed by atoms with van der Waals surface area (Å²) in [6.07, 6.45) is 5.46. The number of carbonyl (C=O) groups excluding carboxylic acids is 1. The number of piperidine rings is 1. The number of anilines is 3. The van der Waals surface area contributed by atoms with E-state index in [1.807, 2.05) is 47.4 Å². The normalized spacial score (nSPS) is 16.4. The highest BCUT2D eigenvalue weighted by Gasteiger charge is 2.29. The van der Waals surface area contributed by atoms with Crippen molar-refractivity contribution in [2.75, 3.05) is 63.7 Å². The molecule has 2 saturated heterocycles. The van der Waals surface area contributed by atoms with E-state index in [1.165, 1.54) is 0 Å². The van der Waals surface area contributed by atoms with Crippen molar-refractivity contribution in [3.63, 3.8) is 0 Å². The number of hydrogen-bond donors (Lipinski definition) is 1. The van der Waals surface area contributed by atoms with E-state index in [-0.39, 0.29) is 5.91 Å². The van der Waals surface area contributed by atoms with Crippen molar-refractivity contribution < 1.29 is 14.3 Å². The summed E-state index contributed by atoms with van der Waals surface area (Å²) >= 11 is 6.53. The van der Waals surface area contributed by atoms with Gasteiger partial charge in [-0.1, -0.05) is 29.8 Å². The molecule has 0 saturated carbocycles. The number of hydrogen-bond acceptors (Lipinski definition) is 9. The highest BCUT2D eigenvalue weighted by Crippen LogP contribution is 2.41. The average Bonchev–Trinajstić information content (AvgIpc) is 3.05. The molecular formula is C32H36ClN7O3. The summed E-state index contributed by atoms with van der Waals surface area (Å²) in [5, 5.41) is 4.75. The van der Waals surface area contributed by atoms with Crippen LogP contribution in [-0.2, 0) is 4.79 Å². The lowest BCUT2D eigenvalue weighted by molar-refractivity contribution is -0.130. The summed E-state index contributed by atoms with van der Waals surface area (Å²) in [4.78, 5) is 32.3. The Kier molecular flexibility index (Phi) is 8.49. The highest BCUT2D eigenvalue weighted by molar-refractivity contribution is 6.33. The molecule has 10 nitrogen and oxygen atoms in total. The molecule has 4 heterocycles. The summed E-state index contributed by atoms with van der Waals surface area (Å²) < 4.78 is 11.7. The van der Waals surface area contributed by atoms with Crippen LogP contribution < -0.4 is 19.7 Å². The van der Waals surface area contributed by atoms with Crippen LogP contribution in [0.4, 0.5) is 17.3 Å². The maximum absolute atomic E-state index is 11.7. The molecule has 2 aliphatic rings. The predicted molar refractivity (Wildman–Crippen MR) is 170 cm³/mol. The standard InChI is InChI=1S/C32H36ClN7O3/c1-21(41)38-12-14-39(15-13-38)24-8-10-40(11-9-24)28-18-29(42-2)27(17-30(28)43-3)36-32-35-20-25(33)31(37-32)23-16-22-6-4-5-7-26(22)34-19-23/h4-7,16-20,24H,8-15H2,1-3H3,(H,35,36,37). The number of benzene rings is 2. The number of aromatic nitrogens is 3. The number of rotatable bonds is 7. The van der Waals surface area contributed by atoms with Crippen LogP contribution in [0.25, 0.3) is 22.2 Å². The molecule has 0 bridgehead atoms. The van der Waals surface area contributed by atoms with Gasteiger partial charge in [0, 0.05) is 81.5 Å². The van der Waals surface area contributed by atoms with Crippen molar-refractivity contribution in [2.24, 2.45) is 0 Å². The lowest BCUT2D eigenvalue weighted by Gasteiger charge is -2.43. The van der Waals surface area contributed by atoms with Gasteiger partial charge in [0.25, 0.3) is 0 Å². The van der Waals surface area contributed by atoms with Crippen LogP contribution in [0.1, 0.15) is 19.8 Å². The van der Waals surface area contributed by atoms with E-state index in [0.717, 1.165) is 80.0 Å². The van der Waals surface area contributed by atoms with Crippen molar-refractivity contribution >= 4 is 45.7 Å². The van der Waals surface area contributed by atoms with Crippen LogP contribution in [0, 0.1) is 0 Å². The van der Waals surface area contributed by atoms with Gasteiger partial charge >= 0.3 is 0 Å². The fourth-order valence-corrected chi connectivity index (χ4v) is 6.25. The number of nitrogens with zero attached hydrogens (tertiary/aromatic N) is 6. The smallest absolute Gasteiger partial charge is 0.227 e. The van der Waals surface area contributed by atoms with Gasteiger partial charge in [-0.3, -0.25) is 14.7 Å². The van der Waals surface area contributed by atoms with E-state index in [4.69, 9.17) is 26.1 Å². The average molecular weight is 602 g/mol. The zero-order chi connectivity index (χ0) is 29.9. The summed E-state index contributed by atoms with van der Waals surface area (Å²) in [6.45, 7) is 6.97. The minimum atomic E-state index is 0.165. The molecule has 1 N–H and O–H groups in total. The van der Waals surface area contributed by atoms with Crippen LogP contribution in [0.2, 0.25) is 5.02 Å². The second-order valence-electron chi connectivity index (χ2n) is 10.9. The summed E-state index contributed by atoms with van der Waals surface area (Å²) in [7, 11) is 3.33. The summed E-state index contributed by atoms with van der Waals surface area (Å²) in [5.41, 5.74) is 3.98. The Hall–Kier alpha value is -4.15. The van der Waals surface area contributed by atoms with Crippen LogP contribution in [0.5, 0.6) is 11.5 Å². The molecule has 2 aromatic heterocycles. The quantitative estimate of drug-likeness (QED) is 0.305. The van der Waals surface area contributed by atoms with E-state index in [0.29, 0.717) is 34.1 Å². The molecule has 2 aliphatic heterocycles. The van der Waals surface area contributed by atoms with Gasteiger partial charge in [0.2, 0.25) is 11.9 Å². The summed E-state index contributed by atoms with van der Waals surface area (Å²) in [5.74, 6) is 1.94. The maximum atomic E-state index is 11.7. The minimum absolute atomic E-state index is 0.165. The number of para-hydroxylation sites is 1. The van der Waals surface area contributed by atoms with Crippen LogP contribution in [0.3, 0.4) is 0 Å². The first kappa shape index (κ1) is 28.9. The van der Waals surface area contributed by atoms with Crippen molar-refractivity contribution in [2.45, 2.75) is 25.8 Å². The third-order valence-corrected chi connectivity index (χ3v) is 8.71. The first-order valence-electron chi connectivity index (χ1n) is 14.6. The molecule has 4 aromatic rings. The zero-order valence-corrected chi connectivity index (χ0v) is 25.5. The molecule has 224 valence electrons. The fourth-order valence-electron chi connectivity index (χ4n) is 6.05. The van der Waals surface area contributed by atoms with Crippen LogP contribution in [0.15, 0.2) is 54.9 Å². The molecule has 2 aromatic carbocycles. The summed E-state index contributed by atoms with van der Waals surface area (Å²) in [6, 6.07) is 14.4. The number of carbonyl (C=O) groups is 1. The van der Waals surface area contributed by atoms with E-state index < -0.39 is 0 Å². The van der Waals surface area contributed by atoms with Gasteiger partial charge < -0.3 is 24.6 Å². The lowest BCUT2D eigenvalue weighted by atomic mass is 10.0. The molecule has 43 heavy (non-hydrogen) atoms. The number of nitrogens with one attached hydrogen (secondary N) is 1. The van der Waals surface area contributed by atoms with Crippen molar-refractivity contribution in [1.29, 1.82) is 0 Å². The highest BCUT2D eigenvalue weighted by atomic mass is 35.5. The third-order valence-electron chi connectivity index (χ3n) is 8.44.